The zero-order valence-corrected chi connectivity index (χ0v) is 21.7. The zero-order chi connectivity index (χ0) is 23.9. The smallest absolute Gasteiger partial charge is 0.278 e. The predicted octanol–water partition coefficient (Wildman–Crippen LogP) is 6.29. The molecule has 33 heavy (non-hydrogen) atoms. The Hall–Kier alpha value is -2.55. The van der Waals surface area contributed by atoms with E-state index in [0.29, 0.717) is 25.1 Å². The van der Waals surface area contributed by atoms with Gasteiger partial charge in [0, 0.05) is 5.41 Å². The largest absolute Gasteiger partial charge is 0.298 e. The van der Waals surface area contributed by atoms with E-state index in [1.165, 1.54) is 23.1 Å². The minimum absolute atomic E-state index is 0.0954. The van der Waals surface area contributed by atoms with Crippen LogP contribution < -0.4 is 5.56 Å². The van der Waals surface area contributed by atoms with E-state index in [1.807, 2.05) is 81.7 Å². The fourth-order valence-electron chi connectivity index (χ4n) is 3.45. The summed E-state index contributed by atoms with van der Waals surface area (Å²) in [5.41, 5.74) is 3.69. The zero-order valence-electron chi connectivity index (χ0n) is 19.2. The molecule has 0 saturated heterocycles. The number of thioether (sulfide) groups is 1. The number of thiazole rings is 1. The van der Waals surface area contributed by atoms with Crippen LogP contribution in [-0.4, -0.2) is 25.7 Å². The molecular weight excluding hydrogens is 470 g/mol. The highest BCUT2D eigenvalue weighted by atomic mass is 32.2. The Kier molecular flexibility index (Phi) is 6.44. The molecule has 0 fully saturated rings. The average Bonchev–Trinajstić information content (AvgIpc) is 3.08. The normalized spacial score (nSPS) is 11.8. The Morgan fingerprint density at radius 2 is 1.79 bits per heavy atom. The van der Waals surface area contributed by atoms with Gasteiger partial charge in [0.05, 0.1) is 17.1 Å². The van der Waals surface area contributed by atoms with Crippen molar-refractivity contribution in [3.05, 3.63) is 74.0 Å². The van der Waals surface area contributed by atoms with Crippen LogP contribution in [0.15, 0.2) is 58.5 Å². The summed E-state index contributed by atoms with van der Waals surface area (Å²) in [5, 5.41) is 0.475. The molecule has 0 spiro atoms. The van der Waals surface area contributed by atoms with Crippen molar-refractivity contribution >= 4 is 51.4 Å². The van der Waals surface area contributed by atoms with Crippen LogP contribution in [0.2, 0.25) is 0 Å². The van der Waals surface area contributed by atoms with Gasteiger partial charge in [-0.3, -0.25) is 18.7 Å². The second-order valence-corrected chi connectivity index (χ2v) is 11.6. The first kappa shape index (κ1) is 23.6. The fourth-order valence-corrected chi connectivity index (χ4v) is 5.91. The summed E-state index contributed by atoms with van der Waals surface area (Å²) in [6, 6.07) is 15.5. The molecule has 170 valence electrons. The summed E-state index contributed by atoms with van der Waals surface area (Å²) < 4.78 is 4.52. The summed E-state index contributed by atoms with van der Waals surface area (Å²) >= 11 is 8.23. The van der Waals surface area contributed by atoms with Crippen LogP contribution in [0, 0.1) is 23.2 Å². The van der Waals surface area contributed by atoms with E-state index < -0.39 is 5.41 Å². The molecule has 0 aliphatic rings. The molecule has 8 heteroatoms. The van der Waals surface area contributed by atoms with Crippen molar-refractivity contribution in [1.29, 1.82) is 0 Å². The molecule has 0 N–H and O–H groups in total. The second-order valence-electron chi connectivity index (χ2n) is 8.98. The molecular formula is C25H25N3O2S3. The third-order valence-corrected chi connectivity index (χ3v) is 7.64. The van der Waals surface area contributed by atoms with Crippen LogP contribution in [-0.2, 0) is 4.79 Å². The Labute approximate surface area is 206 Å². The van der Waals surface area contributed by atoms with Gasteiger partial charge in [0.15, 0.2) is 14.8 Å². The van der Waals surface area contributed by atoms with Crippen molar-refractivity contribution in [2.45, 2.75) is 39.8 Å². The van der Waals surface area contributed by atoms with E-state index in [-0.39, 0.29) is 17.1 Å². The van der Waals surface area contributed by atoms with Crippen LogP contribution in [0.3, 0.4) is 0 Å². The molecule has 2 aromatic heterocycles. The first-order valence-corrected chi connectivity index (χ1v) is 12.8. The molecule has 2 aromatic carbocycles. The number of aromatic nitrogens is 3. The molecule has 4 rings (SSSR count). The Balaban J connectivity index is 1.97. The second kappa shape index (κ2) is 9.00. The van der Waals surface area contributed by atoms with Gasteiger partial charge in [0.1, 0.15) is 10.5 Å². The van der Waals surface area contributed by atoms with Crippen molar-refractivity contribution in [3.8, 4) is 11.4 Å². The van der Waals surface area contributed by atoms with Gasteiger partial charge in [-0.25, -0.2) is 4.98 Å². The molecule has 4 aromatic rings. The predicted molar refractivity (Wildman–Crippen MR) is 140 cm³/mol. The van der Waals surface area contributed by atoms with Crippen LogP contribution in [0.1, 0.15) is 31.9 Å². The maximum Gasteiger partial charge on any atom is 0.278 e. The molecule has 0 atom stereocenters. The van der Waals surface area contributed by atoms with Gasteiger partial charge in [-0.15, -0.1) is 0 Å². The number of Topliss-reactive ketones (excluding diaryl/α,β-unsaturated/α-hetero) is 1. The van der Waals surface area contributed by atoms with Gasteiger partial charge in [-0.2, -0.15) is 0 Å². The highest BCUT2D eigenvalue weighted by Gasteiger charge is 2.24. The minimum Gasteiger partial charge on any atom is -0.298 e. The van der Waals surface area contributed by atoms with E-state index in [0.717, 1.165) is 16.8 Å². The lowest BCUT2D eigenvalue weighted by atomic mass is 9.92. The fraction of sp³-hybridized carbons (Fsp3) is 0.280. The summed E-state index contributed by atoms with van der Waals surface area (Å²) in [6.07, 6.45) is 0. The summed E-state index contributed by atoms with van der Waals surface area (Å²) in [4.78, 5) is 31.3. The Bertz CT molecular complexity index is 1480. The number of rotatable bonds is 5. The number of ketones is 1. The number of para-hydroxylation sites is 1. The SMILES string of the molecule is Cc1ccc(-n2c(=S)sc3c(=O)n(-c4ccccc4)c(SCC(=O)C(C)(C)C)nc32)c(C)c1. The van der Waals surface area contributed by atoms with Crippen LogP contribution in [0.5, 0.6) is 0 Å². The van der Waals surface area contributed by atoms with Gasteiger partial charge in [0.2, 0.25) is 0 Å². The molecule has 0 amide bonds. The molecule has 0 radical (unpaired) electrons. The third kappa shape index (κ3) is 4.60. The average molecular weight is 496 g/mol. The van der Waals surface area contributed by atoms with E-state index in [2.05, 4.69) is 6.07 Å². The number of carbonyl (C=O) groups is 1. The Morgan fingerprint density at radius 1 is 1.09 bits per heavy atom. The van der Waals surface area contributed by atoms with Gasteiger partial charge in [-0.05, 0) is 49.8 Å². The van der Waals surface area contributed by atoms with Crippen molar-refractivity contribution in [2.24, 2.45) is 5.41 Å². The van der Waals surface area contributed by atoms with Gasteiger partial charge >= 0.3 is 0 Å². The van der Waals surface area contributed by atoms with Gasteiger partial charge in [-0.1, -0.05) is 79.8 Å². The van der Waals surface area contributed by atoms with E-state index in [1.54, 1.807) is 4.57 Å². The van der Waals surface area contributed by atoms with Gasteiger partial charge < -0.3 is 0 Å². The number of aryl methyl sites for hydroxylation is 2. The molecule has 0 saturated carbocycles. The van der Waals surface area contributed by atoms with Crippen molar-refractivity contribution in [3.63, 3.8) is 0 Å². The standard InChI is InChI=1S/C25H25N3O2S3/c1-15-11-12-18(16(2)13-15)28-21-20(33-24(28)31)22(30)27(17-9-7-6-8-10-17)23(26-21)32-14-19(29)25(3,4)5/h6-13H,14H2,1-5H3. The van der Waals surface area contributed by atoms with Crippen molar-refractivity contribution in [2.75, 3.05) is 5.75 Å². The quantitative estimate of drug-likeness (QED) is 0.185. The van der Waals surface area contributed by atoms with Crippen LogP contribution >= 0.6 is 35.3 Å². The molecule has 0 aliphatic heterocycles. The number of hydrogen-bond donors (Lipinski definition) is 0. The van der Waals surface area contributed by atoms with Crippen LogP contribution in [0.25, 0.3) is 21.7 Å². The van der Waals surface area contributed by atoms with Gasteiger partial charge in [0.25, 0.3) is 5.56 Å². The molecule has 0 aliphatic carbocycles. The molecule has 2 heterocycles. The number of carbonyl (C=O) groups excluding carboxylic acids is 1. The van der Waals surface area contributed by atoms with E-state index in [4.69, 9.17) is 17.2 Å². The lowest BCUT2D eigenvalue weighted by Crippen LogP contribution is -2.24. The first-order valence-electron chi connectivity index (χ1n) is 10.6. The van der Waals surface area contributed by atoms with E-state index in [9.17, 15) is 9.59 Å². The number of hydrogen-bond acceptors (Lipinski definition) is 6. The minimum atomic E-state index is -0.468. The highest BCUT2D eigenvalue weighted by molar-refractivity contribution is 7.99. The third-order valence-electron chi connectivity index (χ3n) is 5.35. The molecule has 0 bridgehead atoms. The number of nitrogens with zero attached hydrogens (tertiary/aromatic N) is 3. The number of benzene rings is 2. The molecule has 5 nitrogen and oxygen atoms in total. The van der Waals surface area contributed by atoms with Crippen molar-refractivity contribution in [1.82, 2.24) is 14.1 Å². The van der Waals surface area contributed by atoms with Crippen molar-refractivity contribution < 1.29 is 4.79 Å². The maximum absolute atomic E-state index is 13.7. The summed E-state index contributed by atoms with van der Waals surface area (Å²) in [6.45, 7) is 9.75. The monoisotopic (exact) mass is 495 g/mol. The van der Waals surface area contributed by atoms with E-state index >= 15 is 0 Å². The summed E-state index contributed by atoms with van der Waals surface area (Å²) in [7, 11) is 0. The Morgan fingerprint density at radius 3 is 2.42 bits per heavy atom. The van der Waals surface area contributed by atoms with Crippen LogP contribution in [0.4, 0.5) is 0 Å². The number of fused-ring (bicyclic) bond motifs is 1. The molecule has 0 unspecified atom stereocenters. The lowest BCUT2D eigenvalue weighted by molar-refractivity contribution is -0.123. The summed E-state index contributed by atoms with van der Waals surface area (Å²) in [5.74, 6) is 0.320. The first-order chi connectivity index (χ1) is 15.6. The topological polar surface area (TPSA) is 56.9 Å². The maximum atomic E-state index is 13.7. The highest BCUT2D eigenvalue weighted by Crippen LogP contribution is 2.30. The lowest BCUT2D eigenvalue weighted by Gasteiger charge is -2.17.